The zero-order valence-electron chi connectivity index (χ0n) is 20.0. The van der Waals surface area contributed by atoms with E-state index in [9.17, 15) is 14.9 Å². The topological polar surface area (TPSA) is 107 Å². The summed E-state index contributed by atoms with van der Waals surface area (Å²) in [5.74, 6) is 0.748. The number of anilines is 1. The number of carbonyl (C=O) groups excluding carboxylic acids is 2. The van der Waals surface area contributed by atoms with Gasteiger partial charge in [-0.2, -0.15) is 5.26 Å². The van der Waals surface area contributed by atoms with Crippen LogP contribution < -0.4 is 15.4 Å². The number of rotatable bonds is 7. The minimum absolute atomic E-state index is 0.0676. The van der Waals surface area contributed by atoms with Crippen LogP contribution in [0.2, 0.25) is 0 Å². The fraction of sp³-hybridized carbons (Fsp3) is 0.333. The molecule has 1 fully saturated rings. The van der Waals surface area contributed by atoms with Crippen molar-refractivity contribution < 1.29 is 14.3 Å². The van der Waals surface area contributed by atoms with Crippen LogP contribution in [-0.2, 0) is 24.2 Å². The molecule has 2 N–H and O–H groups in total. The SMILES string of the molecule is COc1cccc(C2CC2C(=O)Nc2sc3c(c2C#N)CCN(C(=O)NCCc2ccccn2)C3)c1. The molecule has 3 amide bonds. The lowest BCUT2D eigenvalue weighted by atomic mass is 10.0. The van der Waals surface area contributed by atoms with Gasteiger partial charge in [-0.05, 0) is 54.2 Å². The Hall–Kier alpha value is -3.90. The smallest absolute Gasteiger partial charge is 0.317 e. The lowest BCUT2D eigenvalue weighted by Crippen LogP contribution is -2.43. The summed E-state index contributed by atoms with van der Waals surface area (Å²) >= 11 is 1.40. The van der Waals surface area contributed by atoms with Crippen LogP contribution in [-0.4, -0.2) is 42.0 Å². The average molecular weight is 502 g/mol. The van der Waals surface area contributed by atoms with Crippen LogP contribution in [0.3, 0.4) is 0 Å². The third kappa shape index (κ3) is 5.04. The third-order valence-electron chi connectivity index (χ3n) is 6.73. The monoisotopic (exact) mass is 501 g/mol. The van der Waals surface area contributed by atoms with E-state index in [4.69, 9.17) is 4.74 Å². The van der Waals surface area contributed by atoms with E-state index in [0.29, 0.717) is 43.0 Å². The molecule has 2 unspecified atom stereocenters. The van der Waals surface area contributed by atoms with Crippen molar-refractivity contribution in [2.24, 2.45) is 5.92 Å². The van der Waals surface area contributed by atoms with Crippen molar-refractivity contribution in [3.63, 3.8) is 0 Å². The molecule has 9 heteroatoms. The zero-order valence-corrected chi connectivity index (χ0v) is 20.8. The number of thiophene rings is 1. The summed E-state index contributed by atoms with van der Waals surface area (Å²) < 4.78 is 5.30. The van der Waals surface area contributed by atoms with Gasteiger partial charge < -0.3 is 20.3 Å². The standard InChI is InChI=1S/C27H27N5O3S/c1-35-19-7-4-5-17(13-19)21-14-22(21)25(33)31-26-23(15-28)20-9-12-32(16-24(20)36-26)27(34)30-11-8-18-6-2-3-10-29-18/h2-7,10,13,21-22H,8-9,11-12,14,16H2,1H3,(H,30,34)(H,31,33). The number of fused-ring (bicyclic) bond motifs is 1. The van der Waals surface area contributed by atoms with Crippen LogP contribution in [0.1, 0.15) is 39.6 Å². The number of nitrogens with zero attached hydrogens (tertiary/aromatic N) is 3. The molecule has 0 bridgehead atoms. The molecule has 1 saturated carbocycles. The van der Waals surface area contributed by atoms with Crippen LogP contribution in [0.15, 0.2) is 48.7 Å². The fourth-order valence-electron chi connectivity index (χ4n) is 4.67. The Morgan fingerprint density at radius 1 is 1.28 bits per heavy atom. The summed E-state index contributed by atoms with van der Waals surface area (Å²) in [6.45, 7) is 1.46. The van der Waals surface area contributed by atoms with Crippen LogP contribution in [0, 0.1) is 17.2 Å². The van der Waals surface area contributed by atoms with Gasteiger partial charge in [0.15, 0.2) is 0 Å². The Kier molecular flexibility index (Phi) is 6.87. The van der Waals surface area contributed by atoms with Gasteiger partial charge in [0.05, 0.1) is 19.2 Å². The van der Waals surface area contributed by atoms with Crippen molar-refractivity contribution in [3.05, 3.63) is 75.9 Å². The van der Waals surface area contributed by atoms with Crippen molar-refractivity contribution in [1.29, 1.82) is 5.26 Å². The summed E-state index contributed by atoms with van der Waals surface area (Å²) in [7, 11) is 1.63. The largest absolute Gasteiger partial charge is 0.497 e. The number of methoxy groups -OCH3 is 1. The Bertz CT molecular complexity index is 1320. The third-order valence-corrected chi connectivity index (χ3v) is 7.86. The van der Waals surface area contributed by atoms with Crippen LogP contribution in [0.5, 0.6) is 5.75 Å². The van der Waals surface area contributed by atoms with Gasteiger partial charge in [-0.3, -0.25) is 9.78 Å². The predicted molar refractivity (Wildman–Crippen MR) is 137 cm³/mol. The molecule has 2 atom stereocenters. The number of carbonyl (C=O) groups is 2. The van der Waals surface area contributed by atoms with Crippen molar-refractivity contribution in [1.82, 2.24) is 15.2 Å². The normalized spacial score (nSPS) is 18.1. The average Bonchev–Trinajstić information content (AvgIpc) is 3.64. The van der Waals surface area contributed by atoms with Crippen molar-refractivity contribution in [3.8, 4) is 11.8 Å². The summed E-state index contributed by atoms with van der Waals surface area (Å²) in [6.07, 6.45) is 3.77. The summed E-state index contributed by atoms with van der Waals surface area (Å²) in [5, 5.41) is 16.4. The van der Waals surface area contributed by atoms with Gasteiger partial charge in [-0.1, -0.05) is 18.2 Å². The molecule has 184 valence electrons. The van der Waals surface area contributed by atoms with Gasteiger partial charge in [0, 0.05) is 42.2 Å². The van der Waals surface area contributed by atoms with Gasteiger partial charge >= 0.3 is 6.03 Å². The number of pyridine rings is 1. The molecule has 1 aliphatic carbocycles. The number of hydrogen-bond acceptors (Lipinski definition) is 6. The van der Waals surface area contributed by atoms with E-state index in [0.717, 1.165) is 33.9 Å². The lowest BCUT2D eigenvalue weighted by molar-refractivity contribution is -0.117. The van der Waals surface area contributed by atoms with Crippen molar-refractivity contribution >= 4 is 28.3 Å². The minimum atomic E-state index is -0.131. The van der Waals surface area contributed by atoms with Crippen LogP contribution in [0.4, 0.5) is 9.80 Å². The summed E-state index contributed by atoms with van der Waals surface area (Å²) in [4.78, 5) is 32.7. The van der Waals surface area contributed by atoms with E-state index in [-0.39, 0.29) is 23.8 Å². The lowest BCUT2D eigenvalue weighted by Gasteiger charge is -2.27. The van der Waals surface area contributed by atoms with E-state index < -0.39 is 0 Å². The Labute approximate surface area is 213 Å². The molecule has 1 aliphatic heterocycles. The highest BCUT2D eigenvalue weighted by molar-refractivity contribution is 7.16. The van der Waals surface area contributed by atoms with E-state index in [1.165, 1.54) is 11.3 Å². The second-order valence-electron chi connectivity index (χ2n) is 9.01. The first-order valence-electron chi connectivity index (χ1n) is 12.0. The Morgan fingerprint density at radius 2 is 2.17 bits per heavy atom. The first-order valence-corrected chi connectivity index (χ1v) is 12.8. The predicted octanol–water partition coefficient (Wildman–Crippen LogP) is 4.08. The number of urea groups is 1. The molecule has 8 nitrogen and oxygen atoms in total. The molecule has 0 radical (unpaired) electrons. The van der Waals surface area contributed by atoms with E-state index in [2.05, 4.69) is 21.7 Å². The van der Waals surface area contributed by atoms with Gasteiger partial charge in [-0.25, -0.2) is 4.79 Å². The van der Waals surface area contributed by atoms with Gasteiger partial charge in [0.2, 0.25) is 5.91 Å². The highest BCUT2D eigenvalue weighted by atomic mass is 32.1. The minimum Gasteiger partial charge on any atom is -0.497 e. The second-order valence-corrected chi connectivity index (χ2v) is 10.1. The van der Waals surface area contributed by atoms with Crippen molar-refractivity contribution in [2.45, 2.75) is 31.7 Å². The quantitative estimate of drug-likeness (QED) is 0.507. The van der Waals surface area contributed by atoms with E-state index in [1.807, 2.05) is 42.5 Å². The molecular weight excluding hydrogens is 474 g/mol. The maximum atomic E-state index is 13.0. The number of ether oxygens (including phenoxy) is 1. The Morgan fingerprint density at radius 3 is 2.94 bits per heavy atom. The van der Waals surface area contributed by atoms with Crippen LogP contribution >= 0.6 is 11.3 Å². The van der Waals surface area contributed by atoms with E-state index >= 15 is 0 Å². The molecule has 3 aromatic rings. The first-order chi connectivity index (χ1) is 17.6. The first kappa shape index (κ1) is 23.8. The molecule has 5 rings (SSSR count). The highest BCUT2D eigenvalue weighted by Gasteiger charge is 2.44. The highest BCUT2D eigenvalue weighted by Crippen LogP contribution is 2.49. The van der Waals surface area contributed by atoms with Crippen molar-refractivity contribution in [2.75, 3.05) is 25.5 Å². The maximum absolute atomic E-state index is 13.0. The Balaban J connectivity index is 1.19. The number of nitriles is 1. The fourth-order valence-corrected chi connectivity index (χ4v) is 5.89. The van der Waals surface area contributed by atoms with Gasteiger partial charge in [-0.15, -0.1) is 11.3 Å². The number of benzene rings is 1. The molecule has 0 spiro atoms. The summed E-state index contributed by atoms with van der Waals surface area (Å²) in [6, 6.07) is 15.7. The molecular formula is C27H27N5O3S. The van der Waals surface area contributed by atoms with Crippen LogP contribution in [0.25, 0.3) is 0 Å². The van der Waals surface area contributed by atoms with Gasteiger partial charge in [0.1, 0.15) is 16.8 Å². The van der Waals surface area contributed by atoms with Gasteiger partial charge in [0.25, 0.3) is 0 Å². The summed E-state index contributed by atoms with van der Waals surface area (Å²) in [5.41, 5.74) is 3.48. The molecule has 36 heavy (non-hydrogen) atoms. The second kappa shape index (κ2) is 10.4. The molecule has 1 aromatic carbocycles. The molecule has 0 saturated heterocycles. The number of aromatic nitrogens is 1. The molecule has 3 heterocycles. The molecule has 2 aliphatic rings. The maximum Gasteiger partial charge on any atom is 0.317 e. The molecule has 2 aromatic heterocycles. The number of hydrogen-bond donors (Lipinski definition) is 2. The number of amides is 3. The van der Waals surface area contributed by atoms with E-state index in [1.54, 1.807) is 18.2 Å². The number of nitrogens with one attached hydrogen (secondary N) is 2. The zero-order chi connectivity index (χ0) is 25.1.